The molecule has 84 valence electrons. The van der Waals surface area contributed by atoms with Crippen LogP contribution in [-0.2, 0) is 9.59 Å². The molecule has 2 aliphatic rings. The minimum Gasteiger partial charge on any atom is -0.331 e. The van der Waals surface area contributed by atoms with E-state index in [0.29, 0.717) is 0 Å². The molecule has 0 aromatic rings. The van der Waals surface area contributed by atoms with Crippen LogP contribution in [0, 0.1) is 0 Å². The Balaban J connectivity index is 2.18. The molecule has 0 bridgehead atoms. The largest absolute Gasteiger partial charge is 0.331 e. The van der Waals surface area contributed by atoms with E-state index in [4.69, 9.17) is 0 Å². The van der Waals surface area contributed by atoms with Gasteiger partial charge in [0.25, 0.3) is 0 Å². The maximum absolute atomic E-state index is 11.5. The highest BCUT2D eigenvalue weighted by Gasteiger charge is 2.49. The molecule has 15 heavy (non-hydrogen) atoms. The third kappa shape index (κ3) is 2.04. The molecule has 0 N–H and O–H groups in total. The highest BCUT2D eigenvalue weighted by molar-refractivity contribution is 8.21. The zero-order chi connectivity index (χ0) is 11.1. The van der Waals surface area contributed by atoms with Gasteiger partial charge in [-0.05, 0) is 6.92 Å². The van der Waals surface area contributed by atoms with Crippen molar-refractivity contribution in [3.05, 3.63) is 0 Å². The molecule has 1 atom stereocenters. The maximum atomic E-state index is 11.5. The molecule has 2 rings (SSSR count). The van der Waals surface area contributed by atoms with E-state index in [9.17, 15) is 9.59 Å². The minimum atomic E-state index is -0.180. The fourth-order valence-corrected chi connectivity index (χ4v) is 5.50. The Bertz CT molecular complexity index is 276. The number of amides is 1. The Hall–Kier alpha value is -0.160. The monoisotopic (exact) mass is 245 g/mol. The molecule has 0 radical (unpaired) electrons. The van der Waals surface area contributed by atoms with E-state index in [-0.39, 0.29) is 21.8 Å². The van der Waals surface area contributed by atoms with Crippen molar-refractivity contribution in [2.75, 3.05) is 18.1 Å². The van der Waals surface area contributed by atoms with Gasteiger partial charge >= 0.3 is 0 Å². The second-order valence-corrected chi connectivity index (χ2v) is 7.30. The van der Waals surface area contributed by atoms with Gasteiger partial charge < -0.3 is 4.90 Å². The number of rotatable bonds is 1. The molecule has 0 aromatic carbocycles. The zero-order valence-electron chi connectivity index (χ0n) is 8.99. The van der Waals surface area contributed by atoms with Crippen molar-refractivity contribution in [1.82, 2.24) is 4.90 Å². The summed E-state index contributed by atoms with van der Waals surface area (Å²) in [6.07, 6.45) is 0.831. The number of Topliss-reactive ketones (excluding diaryl/α,β-unsaturated/α-hetero) is 1. The van der Waals surface area contributed by atoms with Gasteiger partial charge in [-0.3, -0.25) is 9.59 Å². The molecule has 2 heterocycles. The second-order valence-electron chi connectivity index (χ2n) is 4.09. The summed E-state index contributed by atoms with van der Waals surface area (Å²) in [4.78, 5) is 24.7. The maximum Gasteiger partial charge on any atom is 0.220 e. The summed E-state index contributed by atoms with van der Waals surface area (Å²) in [5.74, 6) is 2.43. The van der Waals surface area contributed by atoms with Crippen LogP contribution in [0.25, 0.3) is 0 Å². The summed E-state index contributed by atoms with van der Waals surface area (Å²) in [5, 5.41) is 0. The van der Waals surface area contributed by atoms with Crippen molar-refractivity contribution in [3.63, 3.8) is 0 Å². The highest BCUT2D eigenvalue weighted by Crippen LogP contribution is 2.51. The predicted octanol–water partition coefficient (Wildman–Crippen LogP) is 1.37. The summed E-state index contributed by atoms with van der Waals surface area (Å²) in [6, 6.07) is -0.180. The minimum absolute atomic E-state index is 0.0279. The van der Waals surface area contributed by atoms with E-state index in [1.54, 1.807) is 18.7 Å². The molecule has 0 aromatic heterocycles. The topological polar surface area (TPSA) is 37.4 Å². The Morgan fingerprint density at radius 2 is 1.87 bits per heavy atom. The molecule has 5 heteroatoms. The number of carbonyl (C=O) groups excluding carboxylic acids is 2. The zero-order valence-corrected chi connectivity index (χ0v) is 10.6. The number of nitrogens with zero attached hydrogens (tertiary/aromatic N) is 1. The standard InChI is InChI=1S/C10H15NO2S2/c1-7(12)9-5-10(14-3-4-15-10)6-11(9)8(2)13/h9H,3-6H2,1-2H3. The molecule has 1 unspecified atom stereocenters. The van der Waals surface area contributed by atoms with Gasteiger partial charge in [-0.15, -0.1) is 23.5 Å². The third-order valence-electron chi connectivity index (χ3n) is 2.98. The summed E-state index contributed by atoms with van der Waals surface area (Å²) < 4.78 is 0.113. The summed E-state index contributed by atoms with van der Waals surface area (Å²) in [7, 11) is 0. The SMILES string of the molecule is CC(=O)C1CC2(CN1C(C)=O)SCCS2. The van der Waals surface area contributed by atoms with Crippen LogP contribution in [0.4, 0.5) is 0 Å². The van der Waals surface area contributed by atoms with E-state index in [1.165, 1.54) is 0 Å². The van der Waals surface area contributed by atoms with Gasteiger partial charge in [0.1, 0.15) is 0 Å². The Kier molecular flexibility index (Phi) is 3.03. The van der Waals surface area contributed by atoms with Gasteiger partial charge in [0, 0.05) is 31.4 Å². The van der Waals surface area contributed by atoms with Crippen molar-refractivity contribution in [3.8, 4) is 0 Å². The molecule has 3 nitrogen and oxygen atoms in total. The molecule has 0 saturated carbocycles. The van der Waals surface area contributed by atoms with Crippen LogP contribution < -0.4 is 0 Å². The summed E-state index contributed by atoms with van der Waals surface area (Å²) in [5.41, 5.74) is 0. The number of thioether (sulfide) groups is 2. The first-order valence-electron chi connectivity index (χ1n) is 5.10. The second kappa shape index (κ2) is 4.01. The van der Waals surface area contributed by atoms with E-state index < -0.39 is 0 Å². The van der Waals surface area contributed by atoms with E-state index >= 15 is 0 Å². The van der Waals surface area contributed by atoms with Gasteiger partial charge in [-0.25, -0.2) is 0 Å². The van der Waals surface area contributed by atoms with Crippen molar-refractivity contribution in [2.45, 2.75) is 30.4 Å². The lowest BCUT2D eigenvalue weighted by Crippen LogP contribution is -2.38. The highest BCUT2D eigenvalue weighted by atomic mass is 32.2. The first kappa shape index (κ1) is 11.3. The molecule has 1 amide bonds. The lowest BCUT2D eigenvalue weighted by Gasteiger charge is -2.21. The van der Waals surface area contributed by atoms with Crippen molar-refractivity contribution >= 4 is 35.2 Å². The molecule has 2 aliphatic heterocycles. The molecular formula is C10H15NO2S2. The Morgan fingerprint density at radius 1 is 1.27 bits per heavy atom. The predicted molar refractivity (Wildman–Crippen MR) is 64.1 cm³/mol. The number of carbonyl (C=O) groups is 2. The van der Waals surface area contributed by atoms with Gasteiger partial charge in [0.15, 0.2) is 5.78 Å². The quantitative estimate of drug-likeness (QED) is 0.699. The number of likely N-dealkylation sites (tertiary alicyclic amines) is 1. The van der Waals surface area contributed by atoms with Crippen LogP contribution in [0.1, 0.15) is 20.3 Å². The van der Waals surface area contributed by atoms with E-state index in [0.717, 1.165) is 24.5 Å². The van der Waals surface area contributed by atoms with E-state index in [1.807, 2.05) is 23.5 Å². The first-order chi connectivity index (χ1) is 7.04. The fraction of sp³-hybridized carbons (Fsp3) is 0.800. The van der Waals surface area contributed by atoms with Gasteiger partial charge in [0.05, 0.1) is 10.1 Å². The Morgan fingerprint density at radius 3 is 2.27 bits per heavy atom. The third-order valence-corrected chi connectivity index (χ3v) is 6.40. The Labute approximate surface area is 98.3 Å². The van der Waals surface area contributed by atoms with Gasteiger partial charge in [0.2, 0.25) is 5.91 Å². The average molecular weight is 245 g/mol. The number of hydrogen-bond acceptors (Lipinski definition) is 4. The normalized spacial score (nSPS) is 28.7. The average Bonchev–Trinajstić information content (AvgIpc) is 2.74. The smallest absolute Gasteiger partial charge is 0.220 e. The van der Waals surface area contributed by atoms with Crippen molar-refractivity contribution < 1.29 is 9.59 Å². The number of hydrogen-bond donors (Lipinski definition) is 0. The van der Waals surface area contributed by atoms with Crippen LogP contribution in [-0.4, -0.2) is 44.8 Å². The van der Waals surface area contributed by atoms with Crippen LogP contribution in [0.15, 0.2) is 0 Å². The van der Waals surface area contributed by atoms with Crippen LogP contribution in [0.5, 0.6) is 0 Å². The van der Waals surface area contributed by atoms with Gasteiger partial charge in [-0.1, -0.05) is 0 Å². The molecule has 1 spiro atoms. The molecule has 2 saturated heterocycles. The summed E-state index contributed by atoms with van der Waals surface area (Å²) in [6.45, 7) is 3.88. The summed E-state index contributed by atoms with van der Waals surface area (Å²) >= 11 is 3.82. The lowest BCUT2D eigenvalue weighted by molar-refractivity contribution is -0.135. The lowest BCUT2D eigenvalue weighted by atomic mass is 10.1. The van der Waals surface area contributed by atoms with Crippen LogP contribution in [0.2, 0.25) is 0 Å². The molecular weight excluding hydrogens is 230 g/mol. The fourth-order valence-electron chi connectivity index (χ4n) is 2.24. The van der Waals surface area contributed by atoms with Crippen LogP contribution in [0.3, 0.4) is 0 Å². The van der Waals surface area contributed by atoms with E-state index in [2.05, 4.69) is 0 Å². The molecule has 0 aliphatic carbocycles. The molecule has 2 fully saturated rings. The number of ketones is 1. The van der Waals surface area contributed by atoms with Crippen molar-refractivity contribution in [1.29, 1.82) is 0 Å². The first-order valence-corrected chi connectivity index (χ1v) is 7.07. The van der Waals surface area contributed by atoms with Crippen LogP contribution >= 0.6 is 23.5 Å². The van der Waals surface area contributed by atoms with Crippen molar-refractivity contribution in [2.24, 2.45) is 0 Å². The van der Waals surface area contributed by atoms with Gasteiger partial charge in [-0.2, -0.15) is 0 Å².